The van der Waals surface area contributed by atoms with Crippen LogP contribution in [0.4, 0.5) is 24.5 Å². The van der Waals surface area contributed by atoms with Gasteiger partial charge >= 0.3 is 6.18 Å². The third-order valence-electron chi connectivity index (χ3n) is 3.82. The zero-order chi connectivity index (χ0) is 17.2. The number of nitro benzene ring substituents is 1. The number of benzene rings is 1. The highest BCUT2D eigenvalue weighted by Gasteiger charge is 2.32. The molecule has 0 unspecified atom stereocenters. The average Bonchev–Trinajstić information content (AvgIpc) is 2.42. The Kier molecular flexibility index (Phi) is 5.36. The molecular weight excluding hydrogens is 335 g/mol. The largest absolute Gasteiger partial charge is 0.401 e. The summed E-state index contributed by atoms with van der Waals surface area (Å²) in [6.07, 6.45) is -3.07. The molecule has 23 heavy (non-hydrogen) atoms. The van der Waals surface area contributed by atoms with Crippen LogP contribution in [0.3, 0.4) is 0 Å². The molecule has 1 N–H and O–H groups in total. The van der Waals surface area contributed by atoms with Crippen molar-refractivity contribution in [3.63, 3.8) is 0 Å². The van der Waals surface area contributed by atoms with Crippen LogP contribution >= 0.6 is 11.6 Å². The van der Waals surface area contributed by atoms with E-state index in [-0.39, 0.29) is 16.8 Å². The van der Waals surface area contributed by atoms with Gasteiger partial charge in [0.2, 0.25) is 0 Å². The number of alkyl halides is 3. The number of nitro groups is 1. The van der Waals surface area contributed by atoms with Crippen molar-refractivity contribution < 1.29 is 18.1 Å². The third-order valence-corrected chi connectivity index (χ3v) is 4.12. The van der Waals surface area contributed by atoms with E-state index in [1.807, 2.05) is 0 Å². The number of nitrogens with one attached hydrogen (secondary N) is 1. The molecule has 5 nitrogen and oxygen atoms in total. The molecule has 1 saturated heterocycles. The predicted octanol–water partition coefficient (Wildman–Crippen LogP) is 4.00. The van der Waals surface area contributed by atoms with Gasteiger partial charge in [0.1, 0.15) is 0 Å². The fourth-order valence-corrected chi connectivity index (χ4v) is 3.02. The maximum Gasteiger partial charge on any atom is 0.401 e. The number of rotatable bonds is 4. The summed E-state index contributed by atoms with van der Waals surface area (Å²) in [4.78, 5) is 11.6. The van der Waals surface area contributed by atoms with Gasteiger partial charge in [-0.25, -0.2) is 0 Å². The minimum atomic E-state index is -4.18. The van der Waals surface area contributed by atoms with E-state index in [0.717, 1.165) is 0 Å². The zero-order valence-electron chi connectivity index (χ0n) is 12.5. The summed E-state index contributed by atoms with van der Waals surface area (Å²) in [6, 6.07) is 2.69. The first-order chi connectivity index (χ1) is 10.7. The summed E-state index contributed by atoms with van der Waals surface area (Å²) in [5.74, 6) is 0. The van der Waals surface area contributed by atoms with Gasteiger partial charge in [-0.15, -0.1) is 0 Å². The van der Waals surface area contributed by atoms with Gasteiger partial charge < -0.3 is 5.32 Å². The molecule has 0 aliphatic carbocycles. The van der Waals surface area contributed by atoms with Crippen molar-refractivity contribution in [2.75, 3.05) is 25.0 Å². The van der Waals surface area contributed by atoms with Gasteiger partial charge in [-0.1, -0.05) is 11.6 Å². The zero-order valence-corrected chi connectivity index (χ0v) is 13.2. The first kappa shape index (κ1) is 17.8. The van der Waals surface area contributed by atoms with Crippen LogP contribution in [0.25, 0.3) is 0 Å². The molecule has 128 valence electrons. The molecular formula is C14H17ClF3N3O2. The number of aryl methyl sites for hydroxylation is 1. The Balaban J connectivity index is 1.98. The van der Waals surface area contributed by atoms with E-state index < -0.39 is 17.6 Å². The van der Waals surface area contributed by atoms with E-state index in [1.54, 1.807) is 6.92 Å². The van der Waals surface area contributed by atoms with Crippen LogP contribution in [0.5, 0.6) is 0 Å². The number of non-ortho nitro benzene ring substituents is 1. The van der Waals surface area contributed by atoms with Gasteiger partial charge in [0.05, 0.1) is 22.2 Å². The van der Waals surface area contributed by atoms with Crippen LogP contribution in [0.2, 0.25) is 5.02 Å². The van der Waals surface area contributed by atoms with E-state index >= 15 is 0 Å². The number of likely N-dealkylation sites (tertiary alicyclic amines) is 1. The maximum atomic E-state index is 12.4. The molecule has 0 atom stereocenters. The molecule has 1 fully saturated rings. The monoisotopic (exact) mass is 351 g/mol. The van der Waals surface area contributed by atoms with Crippen molar-refractivity contribution in [3.8, 4) is 0 Å². The Bertz CT molecular complexity index is 564. The second-order valence-corrected chi connectivity index (χ2v) is 6.09. The van der Waals surface area contributed by atoms with Gasteiger partial charge in [0, 0.05) is 31.3 Å². The molecule has 1 aromatic carbocycles. The average molecular weight is 352 g/mol. The quantitative estimate of drug-likeness (QED) is 0.658. The minimum absolute atomic E-state index is 0.00265. The topological polar surface area (TPSA) is 58.4 Å². The Morgan fingerprint density at radius 3 is 2.48 bits per heavy atom. The second kappa shape index (κ2) is 6.92. The van der Waals surface area contributed by atoms with Crippen LogP contribution in [-0.2, 0) is 0 Å². The Morgan fingerprint density at radius 1 is 1.39 bits per heavy atom. The maximum absolute atomic E-state index is 12.4. The lowest BCUT2D eigenvalue weighted by molar-refractivity contribution is -0.384. The number of anilines is 1. The van der Waals surface area contributed by atoms with Crippen molar-refractivity contribution in [1.29, 1.82) is 0 Å². The number of hydrogen-bond donors (Lipinski definition) is 1. The van der Waals surface area contributed by atoms with E-state index in [4.69, 9.17) is 11.6 Å². The molecule has 0 aromatic heterocycles. The number of piperidine rings is 1. The van der Waals surface area contributed by atoms with Crippen molar-refractivity contribution in [3.05, 3.63) is 32.8 Å². The van der Waals surface area contributed by atoms with Crippen LogP contribution in [0.15, 0.2) is 12.1 Å². The highest BCUT2D eigenvalue weighted by molar-refractivity contribution is 6.33. The van der Waals surface area contributed by atoms with Crippen molar-refractivity contribution in [1.82, 2.24) is 4.90 Å². The molecule has 0 spiro atoms. The van der Waals surface area contributed by atoms with Gasteiger partial charge in [-0.05, 0) is 25.3 Å². The molecule has 1 aliphatic rings. The van der Waals surface area contributed by atoms with Crippen LogP contribution < -0.4 is 5.32 Å². The van der Waals surface area contributed by atoms with Gasteiger partial charge in [0.25, 0.3) is 5.69 Å². The van der Waals surface area contributed by atoms with Gasteiger partial charge in [0.15, 0.2) is 0 Å². The van der Waals surface area contributed by atoms with Crippen molar-refractivity contribution in [2.24, 2.45) is 0 Å². The molecule has 0 amide bonds. The van der Waals surface area contributed by atoms with E-state index in [1.165, 1.54) is 17.0 Å². The predicted molar refractivity (Wildman–Crippen MR) is 82.0 cm³/mol. The number of hydrogen-bond acceptors (Lipinski definition) is 4. The minimum Gasteiger partial charge on any atom is -0.381 e. The van der Waals surface area contributed by atoms with Crippen LogP contribution in [0.1, 0.15) is 18.4 Å². The summed E-state index contributed by atoms with van der Waals surface area (Å²) in [5.41, 5.74) is 1.16. The van der Waals surface area contributed by atoms with Crippen molar-refractivity contribution in [2.45, 2.75) is 32.0 Å². The number of halogens is 4. The van der Waals surface area contributed by atoms with E-state index in [9.17, 15) is 23.3 Å². The Morgan fingerprint density at radius 2 is 2.00 bits per heavy atom. The van der Waals surface area contributed by atoms with Crippen LogP contribution in [-0.4, -0.2) is 41.7 Å². The molecule has 9 heteroatoms. The first-order valence-electron chi connectivity index (χ1n) is 7.16. The molecule has 2 rings (SSSR count). The van der Waals surface area contributed by atoms with Crippen LogP contribution in [0, 0.1) is 17.0 Å². The molecule has 1 aromatic rings. The first-order valence-corrected chi connectivity index (χ1v) is 7.53. The SMILES string of the molecule is Cc1cc([N+](=O)[O-])cc(Cl)c1NC1CCN(CC(F)(F)F)CC1. The summed E-state index contributed by atoms with van der Waals surface area (Å²) < 4.78 is 37.1. The fraction of sp³-hybridized carbons (Fsp3) is 0.571. The number of nitrogens with zero attached hydrogens (tertiary/aromatic N) is 2. The van der Waals surface area contributed by atoms with Gasteiger partial charge in [-0.2, -0.15) is 13.2 Å². The molecule has 0 radical (unpaired) electrons. The smallest absolute Gasteiger partial charge is 0.381 e. The lowest BCUT2D eigenvalue weighted by Crippen LogP contribution is -2.43. The lowest BCUT2D eigenvalue weighted by atomic mass is 10.0. The Hall–Kier alpha value is -1.54. The summed E-state index contributed by atoms with van der Waals surface area (Å²) >= 11 is 6.09. The third kappa shape index (κ3) is 4.97. The fourth-order valence-electron chi connectivity index (χ4n) is 2.71. The Labute approximate surface area is 136 Å². The lowest BCUT2D eigenvalue weighted by Gasteiger charge is -2.33. The van der Waals surface area contributed by atoms with Crippen molar-refractivity contribution >= 4 is 23.0 Å². The highest BCUT2D eigenvalue weighted by Crippen LogP contribution is 2.32. The summed E-state index contributed by atoms with van der Waals surface area (Å²) in [7, 11) is 0. The summed E-state index contributed by atoms with van der Waals surface area (Å²) in [6.45, 7) is 1.51. The molecule has 1 aliphatic heterocycles. The normalized spacial score (nSPS) is 17.3. The molecule has 0 bridgehead atoms. The molecule has 1 heterocycles. The highest BCUT2D eigenvalue weighted by atomic mass is 35.5. The van der Waals surface area contributed by atoms with Gasteiger partial charge in [-0.3, -0.25) is 15.0 Å². The standard InChI is InChI=1S/C14H17ClF3N3O2/c1-9-6-11(21(22)23)7-12(15)13(9)19-10-2-4-20(5-3-10)8-14(16,17)18/h6-7,10,19H,2-5,8H2,1H3. The van der Waals surface area contributed by atoms with E-state index in [2.05, 4.69) is 5.32 Å². The van der Waals surface area contributed by atoms with E-state index in [0.29, 0.717) is 37.2 Å². The molecule has 0 saturated carbocycles. The summed E-state index contributed by atoms with van der Waals surface area (Å²) in [5, 5.41) is 14.2. The second-order valence-electron chi connectivity index (χ2n) is 5.69.